The number of nitrogens with zero attached hydrogens (tertiary/aromatic N) is 2. The summed E-state index contributed by atoms with van der Waals surface area (Å²) in [7, 11) is -1.32. The Balaban J connectivity index is 1.93. The molecule has 0 aliphatic carbocycles. The predicted molar refractivity (Wildman–Crippen MR) is 82.8 cm³/mol. The van der Waals surface area contributed by atoms with Gasteiger partial charge in [0.05, 0.1) is 17.0 Å². The van der Waals surface area contributed by atoms with Crippen LogP contribution in [-0.2, 0) is 17.6 Å². The first-order valence-electron chi connectivity index (χ1n) is 6.54. The second-order valence-electron chi connectivity index (χ2n) is 5.44. The first kappa shape index (κ1) is 15.4. The fourth-order valence-corrected chi connectivity index (χ4v) is 1.91. The van der Waals surface area contributed by atoms with Gasteiger partial charge in [-0.3, -0.25) is 0 Å². The smallest absolute Gasteiger partial charge is 0.255 e. The van der Waals surface area contributed by atoms with Gasteiger partial charge in [-0.2, -0.15) is 4.40 Å². The van der Waals surface area contributed by atoms with Crippen LogP contribution in [0.1, 0.15) is 32.1 Å². The van der Waals surface area contributed by atoms with E-state index in [0.29, 0.717) is 18.2 Å². The van der Waals surface area contributed by atoms with Gasteiger partial charge in [-0.05, 0) is 31.5 Å². The number of hydrogen-bond donors (Lipinski definition) is 0. The monoisotopic (exact) mass is 306 g/mol. The summed E-state index contributed by atoms with van der Waals surface area (Å²) in [4.78, 5) is 0. The summed E-state index contributed by atoms with van der Waals surface area (Å²) in [6.07, 6.45) is 1.41. The minimum atomic E-state index is -1.32. The molecule has 0 fully saturated rings. The Labute approximate surface area is 126 Å². The average Bonchev–Trinajstić information content (AvgIpc) is 2.90. The minimum Gasteiger partial charge on any atom is -0.471 e. The summed E-state index contributed by atoms with van der Waals surface area (Å²) < 4.78 is 25.9. The van der Waals surface area contributed by atoms with Crippen LogP contribution in [0.25, 0.3) is 0 Å². The maximum atomic E-state index is 11.8. The zero-order chi connectivity index (χ0) is 15.3. The Bertz CT molecular complexity index is 630. The lowest BCUT2D eigenvalue weighted by Crippen LogP contribution is -2.19. The average molecular weight is 306 g/mol. The molecule has 2 rings (SSSR count). The Morgan fingerprint density at radius 1 is 1.33 bits per heavy atom. The molecule has 0 spiro atoms. The van der Waals surface area contributed by atoms with Gasteiger partial charge in [0.25, 0.3) is 5.88 Å². The topological polar surface area (TPSA) is 64.7 Å². The first-order chi connectivity index (χ1) is 9.95. The molecule has 0 radical (unpaired) electrons. The summed E-state index contributed by atoms with van der Waals surface area (Å²) in [6.45, 7) is 5.98. The summed E-state index contributed by atoms with van der Waals surface area (Å²) in [5.74, 6) is 0.789. The molecule has 0 aliphatic rings. The molecular formula is C15H18N2O3S. The van der Waals surface area contributed by atoms with Crippen molar-refractivity contribution in [2.75, 3.05) is 0 Å². The molecule has 21 heavy (non-hydrogen) atoms. The van der Waals surface area contributed by atoms with E-state index in [0.717, 1.165) is 5.56 Å². The summed E-state index contributed by atoms with van der Waals surface area (Å²) >= 11 is 0. The molecule has 1 aromatic heterocycles. The van der Waals surface area contributed by atoms with Gasteiger partial charge in [0, 0.05) is 0 Å². The Morgan fingerprint density at radius 2 is 2.05 bits per heavy atom. The van der Waals surface area contributed by atoms with Gasteiger partial charge in [0.2, 0.25) is 0 Å². The van der Waals surface area contributed by atoms with Crippen molar-refractivity contribution in [3.05, 3.63) is 47.7 Å². The second-order valence-corrected chi connectivity index (χ2v) is 7.37. The highest BCUT2D eigenvalue weighted by atomic mass is 32.2. The van der Waals surface area contributed by atoms with Crippen molar-refractivity contribution in [2.45, 2.75) is 32.1 Å². The predicted octanol–water partition coefficient (Wildman–Crippen LogP) is 3.13. The van der Waals surface area contributed by atoms with E-state index < -0.39 is 15.7 Å². The van der Waals surface area contributed by atoms with Gasteiger partial charge in [-0.15, -0.1) is 0 Å². The van der Waals surface area contributed by atoms with Crippen LogP contribution in [0.2, 0.25) is 0 Å². The number of ether oxygens (including phenoxy) is 1. The molecule has 0 aliphatic heterocycles. The third-order valence-corrected chi connectivity index (χ3v) is 3.88. The van der Waals surface area contributed by atoms with E-state index in [1.54, 1.807) is 6.07 Å². The van der Waals surface area contributed by atoms with E-state index in [1.807, 2.05) is 51.1 Å². The maximum absolute atomic E-state index is 11.8. The minimum absolute atomic E-state index is 0.377. The van der Waals surface area contributed by atoms with E-state index in [1.165, 1.54) is 6.21 Å². The lowest BCUT2D eigenvalue weighted by molar-refractivity contribution is 0.269. The van der Waals surface area contributed by atoms with Crippen LogP contribution in [0, 0.1) is 0 Å². The molecule has 0 amide bonds. The van der Waals surface area contributed by atoms with Crippen LogP contribution in [0.5, 0.6) is 5.88 Å². The van der Waals surface area contributed by atoms with Gasteiger partial charge < -0.3 is 9.26 Å². The summed E-state index contributed by atoms with van der Waals surface area (Å²) in [6, 6.07) is 11.4. The van der Waals surface area contributed by atoms with Crippen molar-refractivity contribution in [1.82, 2.24) is 5.16 Å². The van der Waals surface area contributed by atoms with Crippen LogP contribution in [0.15, 0.2) is 45.3 Å². The van der Waals surface area contributed by atoms with Gasteiger partial charge in [-0.25, -0.2) is 4.21 Å². The SMILES string of the molecule is CC(C)(C)[S@](=O)/N=C/c1cc(OCc2ccccc2)no1. The highest BCUT2D eigenvalue weighted by Crippen LogP contribution is 2.14. The van der Waals surface area contributed by atoms with E-state index >= 15 is 0 Å². The van der Waals surface area contributed by atoms with E-state index in [2.05, 4.69) is 9.55 Å². The number of aromatic nitrogens is 1. The third kappa shape index (κ3) is 4.82. The van der Waals surface area contributed by atoms with E-state index in [4.69, 9.17) is 9.26 Å². The van der Waals surface area contributed by atoms with Gasteiger partial charge in [0.1, 0.15) is 17.6 Å². The summed E-state index contributed by atoms with van der Waals surface area (Å²) in [5, 5.41) is 3.78. The summed E-state index contributed by atoms with van der Waals surface area (Å²) in [5.41, 5.74) is 1.05. The normalized spacial score (nSPS) is 13.5. The van der Waals surface area contributed by atoms with Crippen molar-refractivity contribution < 1.29 is 13.5 Å². The number of rotatable bonds is 5. The highest BCUT2D eigenvalue weighted by Gasteiger charge is 2.18. The zero-order valence-electron chi connectivity index (χ0n) is 12.3. The molecule has 1 heterocycles. The third-order valence-electron chi connectivity index (χ3n) is 2.54. The molecule has 0 bridgehead atoms. The standard InChI is InChI=1S/C15H18N2O3S/c1-15(2,3)21(18)16-10-13-9-14(17-20-13)19-11-12-7-5-4-6-8-12/h4-10H,11H2,1-3H3/b16-10+/t21-/m0/s1. The molecule has 6 heteroatoms. The van der Waals surface area contributed by atoms with Gasteiger partial charge in [-0.1, -0.05) is 30.3 Å². The van der Waals surface area contributed by atoms with E-state index in [9.17, 15) is 4.21 Å². The zero-order valence-corrected chi connectivity index (χ0v) is 13.1. The molecule has 0 saturated carbocycles. The van der Waals surface area contributed by atoms with Crippen molar-refractivity contribution in [3.63, 3.8) is 0 Å². The number of hydrogen-bond acceptors (Lipinski definition) is 4. The van der Waals surface area contributed by atoms with Crippen LogP contribution in [0.4, 0.5) is 0 Å². The Morgan fingerprint density at radius 3 is 2.71 bits per heavy atom. The fourth-order valence-electron chi connectivity index (χ4n) is 1.39. The molecule has 1 atom stereocenters. The Hall–Kier alpha value is -1.95. The quantitative estimate of drug-likeness (QED) is 0.796. The molecular weight excluding hydrogens is 288 g/mol. The molecule has 112 valence electrons. The first-order valence-corrected chi connectivity index (χ1v) is 7.65. The number of benzene rings is 1. The lowest BCUT2D eigenvalue weighted by atomic mass is 10.2. The molecule has 0 N–H and O–H groups in total. The van der Waals surface area contributed by atoms with Crippen LogP contribution < -0.4 is 4.74 Å². The Kier molecular flexibility index (Phi) is 4.90. The van der Waals surface area contributed by atoms with Crippen molar-refractivity contribution in [2.24, 2.45) is 4.40 Å². The molecule has 2 aromatic rings. The molecule has 0 unspecified atom stereocenters. The molecule has 0 saturated heterocycles. The van der Waals surface area contributed by atoms with Gasteiger partial charge >= 0.3 is 0 Å². The van der Waals surface area contributed by atoms with Crippen molar-refractivity contribution in [3.8, 4) is 5.88 Å². The molecule has 1 aromatic carbocycles. The molecule has 5 nitrogen and oxygen atoms in total. The van der Waals surface area contributed by atoms with Crippen molar-refractivity contribution >= 4 is 17.2 Å². The van der Waals surface area contributed by atoms with Crippen LogP contribution in [-0.4, -0.2) is 20.3 Å². The highest BCUT2D eigenvalue weighted by molar-refractivity contribution is 7.85. The largest absolute Gasteiger partial charge is 0.471 e. The van der Waals surface area contributed by atoms with Crippen LogP contribution in [0.3, 0.4) is 0 Å². The second kappa shape index (κ2) is 6.67. The van der Waals surface area contributed by atoms with E-state index in [-0.39, 0.29) is 0 Å². The van der Waals surface area contributed by atoms with Crippen molar-refractivity contribution in [1.29, 1.82) is 0 Å². The lowest BCUT2D eigenvalue weighted by Gasteiger charge is -2.12. The maximum Gasteiger partial charge on any atom is 0.255 e. The van der Waals surface area contributed by atoms with Gasteiger partial charge in [0.15, 0.2) is 5.76 Å². The fraction of sp³-hybridized carbons (Fsp3) is 0.333. The van der Waals surface area contributed by atoms with Crippen LogP contribution >= 0.6 is 0 Å².